The first-order valence-corrected chi connectivity index (χ1v) is 18.1. The third kappa shape index (κ3) is 8.16. The van der Waals surface area contributed by atoms with Crippen molar-refractivity contribution in [3.8, 4) is 35.4 Å². The van der Waals surface area contributed by atoms with Gasteiger partial charge in [-0.15, -0.1) is 6.42 Å². The third-order valence-electron chi connectivity index (χ3n) is 9.88. The lowest BCUT2D eigenvalue weighted by atomic mass is 9.95. The summed E-state index contributed by atoms with van der Waals surface area (Å²) >= 11 is 0. The number of nitrogens with one attached hydrogen (secondary N) is 2. The molecule has 16 heteroatoms. The number of anilines is 1. The first kappa shape index (κ1) is 38.9. The second kappa shape index (κ2) is 16.3. The molecule has 290 valence electrons. The van der Waals surface area contributed by atoms with Crippen LogP contribution in [0.4, 0.5) is 24.2 Å². The summed E-state index contributed by atoms with van der Waals surface area (Å²) in [5.41, 5.74) is -0.462. The minimum atomic E-state index is -1.11. The van der Waals surface area contributed by atoms with E-state index in [0.29, 0.717) is 17.8 Å². The summed E-state index contributed by atoms with van der Waals surface area (Å²) in [5.74, 6) is 0.190. The van der Waals surface area contributed by atoms with Gasteiger partial charge in [-0.05, 0) is 62.4 Å². The van der Waals surface area contributed by atoms with Crippen molar-refractivity contribution >= 4 is 45.6 Å². The first-order valence-electron chi connectivity index (χ1n) is 18.1. The van der Waals surface area contributed by atoms with E-state index in [1.165, 1.54) is 49.3 Å². The van der Waals surface area contributed by atoms with Gasteiger partial charge in [0.2, 0.25) is 6.29 Å². The maximum Gasteiger partial charge on any atom is 0.415 e. The van der Waals surface area contributed by atoms with Gasteiger partial charge in [-0.3, -0.25) is 14.7 Å². The van der Waals surface area contributed by atoms with E-state index in [1.54, 1.807) is 20.9 Å². The average molecular weight is 760 g/mol. The molecule has 2 fully saturated rings. The first-order chi connectivity index (χ1) is 26.3. The Balaban J connectivity index is 1.26. The molecule has 1 unspecified atom stereocenters. The number of aromatic nitrogens is 3. The number of amides is 2. The Morgan fingerprint density at radius 1 is 1.09 bits per heavy atom. The van der Waals surface area contributed by atoms with E-state index in [1.807, 2.05) is 0 Å². The number of alkyl carbamates (subject to hydrolysis) is 1. The van der Waals surface area contributed by atoms with Crippen LogP contribution in [0.5, 0.6) is 11.8 Å². The lowest BCUT2D eigenvalue weighted by Crippen LogP contribution is -2.43. The lowest BCUT2D eigenvalue weighted by Gasteiger charge is -2.31. The molecular weight excluding hydrogens is 716 g/mol. The molecule has 0 saturated carbocycles. The van der Waals surface area contributed by atoms with Gasteiger partial charge in [-0.25, -0.2) is 18.4 Å². The number of ether oxygens (including phenoxy) is 4. The Kier molecular flexibility index (Phi) is 11.5. The molecule has 0 spiro atoms. The average Bonchev–Trinajstić information content (AvgIpc) is 3.74. The summed E-state index contributed by atoms with van der Waals surface area (Å²) in [4.78, 5) is 54.0. The fraction of sp³-hybridized carbons (Fsp3) is 0.436. The summed E-state index contributed by atoms with van der Waals surface area (Å²) in [5, 5.41) is 6.27. The number of carbonyl (C=O) groups excluding carboxylic acids is 3. The van der Waals surface area contributed by atoms with E-state index < -0.39 is 42.0 Å². The molecule has 0 radical (unpaired) electrons. The summed E-state index contributed by atoms with van der Waals surface area (Å²) in [6, 6.07) is 5.43. The molecule has 2 amide bonds. The number of carbonyl (C=O) groups is 3. The van der Waals surface area contributed by atoms with E-state index in [9.17, 15) is 14.4 Å². The Bertz CT molecular complexity index is 2170. The minimum Gasteiger partial charge on any atom is -0.461 e. The molecule has 55 heavy (non-hydrogen) atoms. The molecular formula is C39H43F2N7O7. The zero-order valence-electron chi connectivity index (χ0n) is 31.3. The summed E-state index contributed by atoms with van der Waals surface area (Å²) < 4.78 is 53.8. The molecule has 0 bridgehead atoms. The Labute approximate surface area is 316 Å². The second-order valence-corrected chi connectivity index (χ2v) is 13.9. The van der Waals surface area contributed by atoms with Crippen LogP contribution in [0, 0.1) is 29.9 Å². The van der Waals surface area contributed by atoms with Crippen molar-refractivity contribution in [1.82, 2.24) is 30.1 Å². The molecule has 4 heterocycles. The zero-order valence-corrected chi connectivity index (χ0v) is 31.3. The van der Waals surface area contributed by atoms with Gasteiger partial charge in [0.05, 0.1) is 22.4 Å². The van der Waals surface area contributed by atoms with Crippen LogP contribution in [0.15, 0.2) is 30.5 Å². The number of hydrogen-bond donors (Lipinski definition) is 2. The van der Waals surface area contributed by atoms with E-state index in [4.69, 9.17) is 25.4 Å². The van der Waals surface area contributed by atoms with Crippen LogP contribution in [0.1, 0.15) is 52.0 Å². The van der Waals surface area contributed by atoms with Crippen molar-refractivity contribution in [3.05, 3.63) is 47.7 Å². The lowest BCUT2D eigenvalue weighted by molar-refractivity contribution is -0.168. The molecule has 0 aliphatic carbocycles. The van der Waals surface area contributed by atoms with Gasteiger partial charge in [-0.2, -0.15) is 9.97 Å². The number of fused-ring (bicyclic) bond motifs is 3. The largest absolute Gasteiger partial charge is 0.461 e. The second-order valence-electron chi connectivity index (χ2n) is 13.9. The standard InChI is InChI=1S/C39H43F2N7O7/c1-7-26-29(40)11-10-24-18-25(55-38(51)47(6)17-14-43-37(50)54-23(4)53-35(49)22(2)3)19-27(30(24)26)32-31(41)33-28(20-44-32)34(42-5)46-36(45-33)52-21-39-12-8-15-48(39)16-9-13-39/h1,10-11,18-20,22-23H,8-9,12-17,21H2,2-6H3,(H,43,50)(H,42,45,46). The molecule has 2 N–H and O–H groups in total. The molecule has 2 aliphatic heterocycles. The van der Waals surface area contributed by atoms with Crippen LogP contribution in [0.2, 0.25) is 0 Å². The fourth-order valence-electron chi connectivity index (χ4n) is 7.05. The van der Waals surface area contributed by atoms with Crippen molar-refractivity contribution in [3.63, 3.8) is 0 Å². The van der Waals surface area contributed by atoms with Gasteiger partial charge in [0, 0.05) is 51.3 Å². The number of hydrogen-bond acceptors (Lipinski definition) is 12. The van der Waals surface area contributed by atoms with E-state index >= 15 is 8.78 Å². The van der Waals surface area contributed by atoms with Crippen molar-refractivity contribution < 1.29 is 42.1 Å². The normalized spacial score (nSPS) is 15.3. The van der Waals surface area contributed by atoms with Crippen molar-refractivity contribution in [2.24, 2.45) is 5.92 Å². The van der Waals surface area contributed by atoms with E-state index in [2.05, 4.69) is 36.4 Å². The number of likely N-dealkylation sites (N-methyl/N-ethyl adjacent to an activating group) is 1. The number of pyridine rings is 1. The Hall–Kier alpha value is -5.82. The number of halogens is 2. The van der Waals surface area contributed by atoms with Crippen LogP contribution < -0.4 is 20.1 Å². The molecule has 2 aromatic heterocycles. The molecule has 6 rings (SSSR count). The van der Waals surface area contributed by atoms with Gasteiger partial charge in [0.25, 0.3) is 0 Å². The van der Waals surface area contributed by atoms with Gasteiger partial charge >= 0.3 is 24.2 Å². The highest BCUT2D eigenvalue weighted by molar-refractivity contribution is 6.03. The SMILES string of the molecule is C#Cc1c(F)ccc2cc(OC(=O)N(C)CCNC(=O)OC(C)OC(=O)C(C)C)cc(-c3ncc4c(NC)nc(OCC56CCCN5CCC6)nc4c3F)c12. The maximum atomic E-state index is 16.8. The van der Waals surface area contributed by atoms with Gasteiger partial charge < -0.3 is 34.5 Å². The van der Waals surface area contributed by atoms with Crippen LogP contribution >= 0.6 is 0 Å². The third-order valence-corrected chi connectivity index (χ3v) is 9.88. The number of benzene rings is 2. The number of esters is 1. The molecule has 14 nitrogen and oxygen atoms in total. The highest BCUT2D eigenvalue weighted by Gasteiger charge is 2.45. The minimum absolute atomic E-state index is 0.00109. The van der Waals surface area contributed by atoms with Crippen LogP contribution in [0.25, 0.3) is 32.9 Å². The van der Waals surface area contributed by atoms with Gasteiger partial charge in [0.15, 0.2) is 5.82 Å². The molecule has 2 saturated heterocycles. The monoisotopic (exact) mass is 759 g/mol. The van der Waals surface area contributed by atoms with Crippen LogP contribution in [-0.4, -0.2) is 102 Å². The van der Waals surface area contributed by atoms with Crippen molar-refractivity contribution in [1.29, 1.82) is 0 Å². The number of nitrogens with zero attached hydrogens (tertiary/aromatic N) is 5. The maximum absolute atomic E-state index is 16.8. The van der Waals surface area contributed by atoms with E-state index in [-0.39, 0.29) is 63.5 Å². The molecule has 2 aliphatic rings. The quantitative estimate of drug-likeness (QED) is 0.101. The van der Waals surface area contributed by atoms with Crippen molar-refractivity contribution in [2.45, 2.75) is 58.3 Å². The van der Waals surface area contributed by atoms with E-state index in [0.717, 1.165) is 38.8 Å². The molecule has 2 aromatic carbocycles. The molecule has 4 aromatic rings. The van der Waals surface area contributed by atoms with Crippen molar-refractivity contribution in [2.75, 3.05) is 52.2 Å². The van der Waals surface area contributed by atoms with Crippen LogP contribution in [0.3, 0.4) is 0 Å². The topological polar surface area (TPSA) is 157 Å². The molecule has 1 atom stereocenters. The number of terminal acetylenes is 1. The van der Waals surface area contributed by atoms with Gasteiger partial charge in [0.1, 0.15) is 35.2 Å². The highest BCUT2D eigenvalue weighted by atomic mass is 19.1. The van der Waals surface area contributed by atoms with Gasteiger partial charge in [-0.1, -0.05) is 25.8 Å². The smallest absolute Gasteiger partial charge is 0.415 e. The summed E-state index contributed by atoms with van der Waals surface area (Å²) in [7, 11) is 3.08. The summed E-state index contributed by atoms with van der Waals surface area (Å²) in [6.07, 6.45) is 8.54. The predicted octanol–water partition coefficient (Wildman–Crippen LogP) is 5.86. The summed E-state index contributed by atoms with van der Waals surface area (Å²) in [6.45, 7) is 7.06. The number of rotatable bonds is 12. The predicted molar refractivity (Wildman–Crippen MR) is 199 cm³/mol. The van der Waals surface area contributed by atoms with Crippen LogP contribution in [-0.2, 0) is 14.3 Å². The Morgan fingerprint density at radius 2 is 1.84 bits per heavy atom. The highest BCUT2D eigenvalue weighted by Crippen LogP contribution is 2.41. The Morgan fingerprint density at radius 3 is 2.53 bits per heavy atom. The fourth-order valence-corrected chi connectivity index (χ4v) is 7.05. The zero-order chi connectivity index (χ0) is 39.4.